The first kappa shape index (κ1) is 16.8. The van der Waals surface area contributed by atoms with Gasteiger partial charge < -0.3 is 10.2 Å². The van der Waals surface area contributed by atoms with Crippen LogP contribution in [0.1, 0.15) is 31.7 Å². The maximum absolute atomic E-state index is 12.1. The SMILES string of the molecule is CCCC1CC(=O)N(CC(=O)Nc2cccc(Cl)c2C)CN1. The van der Waals surface area contributed by atoms with Gasteiger partial charge in [-0.1, -0.05) is 31.0 Å². The maximum atomic E-state index is 12.1. The molecule has 22 heavy (non-hydrogen) atoms. The molecule has 5 nitrogen and oxygen atoms in total. The summed E-state index contributed by atoms with van der Waals surface area (Å²) < 4.78 is 0. The van der Waals surface area contributed by atoms with E-state index in [1.165, 1.54) is 0 Å². The maximum Gasteiger partial charge on any atom is 0.244 e. The van der Waals surface area contributed by atoms with Crippen LogP contribution in [0.25, 0.3) is 0 Å². The summed E-state index contributed by atoms with van der Waals surface area (Å²) in [5, 5.41) is 6.71. The monoisotopic (exact) mass is 323 g/mol. The van der Waals surface area contributed by atoms with Gasteiger partial charge in [0.15, 0.2) is 0 Å². The van der Waals surface area contributed by atoms with Gasteiger partial charge in [0.05, 0.1) is 6.67 Å². The molecule has 1 heterocycles. The molecule has 1 fully saturated rings. The highest BCUT2D eigenvalue weighted by atomic mass is 35.5. The molecule has 2 N–H and O–H groups in total. The predicted molar refractivity (Wildman–Crippen MR) is 87.8 cm³/mol. The average molecular weight is 324 g/mol. The average Bonchev–Trinajstić information content (AvgIpc) is 2.47. The Morgan fingerprint density at radius 1 is 1.50 bits per heavy atom. The van der Waals surface area contributed by atoms with Crippen LogP contribution >= 0.6 is 11.6 Å². The van der Waals surface area contributed by atoms with E-state index in [1.54, 1.807) is 23.1 Å². The van der Waals surface area contributed by atoms with Crippen molar-refractivity contribution in [1.82, 2.24) is 10.2 Å². The molecule has 1 aromatic carbocycles. The fraction of sp³-hybridized carbons (Fsp3) is 0.500. The van der Waals surface area contributed by atoms with Crippen LogP contribution in [0.2, 0.25) is 5.02 Å². The van der Waals surface area contributed by atoms with Crippen molar-refractivity contribution in [2.75, 3.05) is 18.5 Å². The van der Waals surface area contributed by atoms with E-state index >= 15 is 0 Å². The molecular weight excluding hydrogens is 302 g/mol. The normalized spacial score (nSPS) is 18.4. The Labute approximate surface area is 136 Å². The van der Waals surface area contributed by atoms with E-state index in [9.17, 15) is 9.59 Å². The number of rotatable bonds is 5. The zero-order valence-corrected chi connectivity index (χ0v) is 13.7. The number of carbonyl (C=O) groups excluding carboxylic acids is 2. The minimum absolute atomic E-state index is 0.0233. The zero-order valence-electron chi connectivity index (χ0n) is 13.0. The predicted octanol–water partition coefficient (Wildman–Crippen LogP) is 2.54. The van der Waals surface area contributed by atoms with Crippen LogP contribution in [0, 0.1) is 6.92 Å². The van der Waals surface area contributed by atoms with Crippen LogP contribution < -0.4 is 10.6 Å². The van der Waals surface area contributed by atoms with Crippen molar-refractivity contribution >= 4 is 29.1 Å². The Hall–Kier alpha value is -1.59. The minimum atomic E-state index is -0.213. The van der Waals surface area contributed by atoms with Crippen molar-refractivity contribution in [3.05, 3.63) is 28.8 Å². The fourth-order valence-electron chi connectivity index (χ4n) is 2.54. The molecule has 1 atom stereocenters. The number of hydrogen-bond donors (Lipinski definition) is 2. The van der Waals surface area contributed by atoms with Crippen LogP contribution in [-0.4, -0.2) is 36.0 Å². The topological polar surface area (TPSA) is 61.4 Å². The van der Waals surface area contributed by atoms with Gasteiger partial charge in [0, 0.05) is 23.2 Å². The van der Waals surface area contributed by atoms with Crippen molar-refractivity contribution in [3.8, 4) is 0 Å². The molecule has 1 saturated heterocycles. The molecule has 2 rings (SSSR count). The number of nitrogens with zero attached hydrogens (tertiary/aromatic N) is 1. The molecule has 0 spiro atoms. The van der Waals surface area contributed by atoms with E-state index in [1.807, 2.05) is 6.92 Å². The standard InChI is InChI=1S/C16H22ClN3O2/c1-3-5-12-8-16(22)20(10-18-12)9-15(21)19-14-7-4-6-13(17)11(14)2/h4,6-7,12,18H,3,5,8-10H2,1-2H3,(H,19,21). The lowest BCUT2D eigenvalue weighted by molar-refractivity contribution is -0.138. The number of hydrogen-bond acceptors (Lipinski definition) is 3. The van der Waals surface area contributed by atoms with Crippen LogP contribution in [-0.2, 0) is 9.59 Å². The third-order valence-corrected chi connectivity index (χ3v) is 4.27. The lowest BCUT2D eigenvalue weighted by Crippen LogP contribution is -2.52. The van der Waals surface area contributed by atoms with Gasteiger partial charge in [0.1, 0.15) is 6.54 Å². The highest BCUT2D eigenvalue weighted by Gasteiger charge is 2.26. The number of carbonyl (C=O) groups is 2. The molecular formula is C16H22ClN3O2. The van der Waals surface area contributed by atoms with Crippen LogP contribution in [0.3, 0.4) is 0 Å². The number of anilines is 1. The molecule has 0 aliphatic carbocycles. The Balaban J connectivity index is 1.90. The first-order valence-electron chi connectivity index (χ1n) is 7.57. The third-order valence-electron chi connectivity index (χ3n) is 3.86. The van der Waals surface area contributed by atoms with Crippen molar-refractivity contribution in [2.45, 2.75) is 39.2 Å². The molecule has 1 aromatic rings. The van der Waals surface area contributed by atoms with E-state index in [-0.39, 0.29) is 24.4 Å². The van der Waals surface area contributed by atoms with Gasteiger partial charge >= 0.3 is 0 Å². The summed E-state index contributed by atoms with van der Waals surface area (Å²) in [5.74, 6) is -0.190. The van der Waals surface area contributed by atoms with Gasteiger partial charge in [0.25, 0.3) is 0 Å². The first-order chi connectivity index (χ1) is 10.5. The summed E-state index contributed by atoms with van der Waals surface area (Å²) in [5.41, 5.74) is 1.50. The summed E-state index contributed by atoms with van der Waals surface area (Å²) in [6.07, 6.45) is 2.48. The van der Waals surface area contributed by atoms with Crippen LogP contribution in [0.4, 0.5) is 5.69 Å². The quantitative estimate of drug-likeness (QED) is 0.875. The second-order valence-corrected chi connectivity index (χ2v) is 6.01. The summed E-state index contributed by atoms with van der Waals surface area (Å²) >= 11 is 6.03. The summed E-state index contributed by atoms with van der Waals surface area (Å²) in [7, 11) is 0. The molecule has 0 radical (unpaired) electrons. The summed E-state index contributed by atoms with van der Waals surface area (Å²) in [6.45, 7) is 4.42. The van der Waals surface area contributed by atoms with Crippen molar-refractivity contribution in [2.24, 2.45) is 0 Å². The third kappa shape index (κ3) is 4.21. The lowest BCUT2D eigenvalue weighted by Gasteiger charge is -2.32. The largest absolute Gasteiger partial charge is 0.324 e. The number of nitrogens with one attached hydrogen (secondary N) is 2. The Morgan fingerprint density at radius 2 is 2.27 bits per heavy atom. The summed E-state index contributed by atoms with van der Waals surface area (Å²) in [6, 6.07) is 5.59. The smallest absolute Gasteiger partial charge is 0.244 e. The molecule has 1 aliphatic heterocycles. The number of benzene rings is 1. The number of amides is 2. The second kappa shape index (κ2) is 7.61. The zero-order chi connectivity index (χ0) is 16.1. The molecule has 0 saturated carbocycles. The van der Waals surface area contributed by atoms with E-state index in [4.69, 9.17) is 11.6 Å². The van der Waals surface area contributed by atoms with Gasteiger partial charge in [0.2, 0.25) is 11.8 Å². The molecule has 120 valence electrons. The van der Waals surface area contributed by atoms with E-state index in [0.717, 1.165) is 18.4 Å². The van der Waals surface area contributed by atoms with Crippen molar-refractivity contribution < 1.29 is 9.59 Å². The molecule has 6 heteroatoms. The molecule has 0 bridgehead atoms. The van der Waals surface area contributed by atoms with Crippen molar-refractivity contribution in [1.29, 1.82) is 0 Å². The van der Waals surface area contributed by atoms with Gasteiger partial charge in [-0.05, 0) is 31.0 Å². The molecule has 0 aromatic heterocycles. The Bertz CT molecular complexity index is 562. The van der Waals surface area contributed by atoms with Crippen molar-refractivity contribution in [3.63, 3.8) is 0 Å². The van der Waals surface area contributed by atoms with Gasteiger partial charge in [-0.3, -0.25) is 14.9 Å². The second-order valence-electron chi connectivity index (χ2n) is 5.60. The van der Waals surface area contributed by atoms with E-state index in [2.05, 4.69) is 17.6 Å². The van der Waals surface area contributed by atoms with Gasteiger partial charge in [-0.2, -0.15) is 0 Å². The highest BCUT2D eigenvalue weighted by Crippen LogP contribution is 2.22. The van der Waals surface area contributed by atoms with Gasteiger partial charge in [-0.25, -0.2) is 0 Å². The lowest BCUT2D eigenvalue weighted by atomic mass is 10.1. The first-order valence-corrected chi connectivity index (χ1v) is 7.95. The highest BCUT2D eigenvalue weighted by molar-refractivity contribution is 6.31. The van der Waals surface area contributed by atoms with E-state index in [0.29, 0.717) is 23.8 Å². The Morgan fingerprint density at radius 3 is 2.95 bits per heavy atom. The van der Waals surface area contributed by atoms with Crippen LogP contribution in [0.5, 0.6) is 0 Å². The van der Waals surface area contributed by atoms with E-state index < -0.39 is 0 Å². The van der Waals surface area contributed by atoms with Gasteiger partial charge in [-0.15, -0.1) is 0 Å². The summed E-state index contributed by atoms with van der Waals surface area (Å²) in [4.78, 5) is 25.7. The minimum Gasteiger partial charge on any atom is -0.324 e. The Kier molecular flexibility index (Phi) is 5.80. The molecule has 1 aliphatic rings. The fourth-order valence-corrected chi connectivity index (χ4v) is 2.72. The number of halogens is 1. The molecule has 1 unspecified atom stereocenters. The molecule has 2 amide bonds. The van der Waals surface area contributed by atoms with Crippen LogP contribution in [0.15, 0.2) is 18.2 Å².